The monoisotopic (exact) mass is 289 g/mol. The Hall–Kier alpha value is -2.11. The topological polar surface area (TPSA) is 75.9 Å². The summed E-state index contributed by atoms with van der Waals surface area (Å²) in [4.78, 5) is 12.9. The van der Waals surface area contributed by atoms with Crippen LogP contribution in [0.1, 0.15) is 44.4 Å². The lowest BCUT2D eigenvalue weighted by Gasteiger charge is -2.13. The highest BCUT2D eigenvalue weighted by molar-refractivity contribution is 5.57. The number of hydrogen-bond acceptors (Lipinski definition) is 6. The van der Waals surface area contributed by atoms with Crippen molar-refractivity contribution in [1.29, 1.82) is 0 Å². The largest absolute Gasteiger partial charge is 0.444 e. The Labute approximate surface area is 125 Å². The quantitative estimate of drug-likeness (QED) is 0.778. The molecule has 21 heavy (non-hydrogen) atoms. The molecule has 0 amide bonds. The highest BCUT2D eigenvalue weighted by Gasteiger charge is 2.11. The van der Waals surface area contributed by atoms with Crippen LogP contribution in [0.5, 0.6) is 0 Å². The standard InChI is InChI=1S/C15H23N5O/c1-4-7-12-14(16-6-3)19-10-20-15(12)18-9-13-17-8-11(5-2)21-13/h8,10H,4-7,9H2,1-3H3,(H2,16,18,19,20). The number of nitrogens with zero attached hydrogens (tertiary/aromatic N) is 3. The van der Waals surface area contributed by atoms with Crippen LogP contribution >= 0.6 is 0 Å². The maximum absolute atomic E-state index is 5.60. The second kappa shape index (κ2) is 7.61. The van der Waals surface area contributed by atoms with Crippen LogP contribution in [0.2, 0.25) is 0 Å². The Morgan fingerprint density at radius 1 is 1.05 bits per heavy atom. The fraction of sp³-hybridized carbons (Fsp3) is 0.533. The summed E-state index contributed by atoms with van der Waals surface area (Å²) >= 11 is 0. The Balaban J connectivity index is 2.12. The molecule has 0 atom stereocenters. The molecule has 6 nitrogen and oxygen atoms in total. The first kappa shape index (κ1) is 15.3. The van der Waals surface area contributed by atoms with Crippen molar-refractivity contribution in [3.05, 3.63) is 29.7 Å². The van der Waals surface area contributed by atoms with E-state index in [0.717, 1.165) is 48.8 Å². The van der Waals surface area contributed by atoms with Gasteiger partial charge in [-0.05, 0) is 13.3 Å². The molecule has 2 N–H and O–H groups in total. The molecule has 6 heteroatoms. The highest BCUT2D eigenvalue weighted by atomic mass is 16.4. The number of aryl methyl sites for hydroxylation is 1. The maximum Gasteiger partial charge on any atom is 0.213 e. The fourth-order valence-electron chi connectivity index (χ4n) is 2.12. The highest BCUT2D eigenvalue weighted by Crippen LogP contribution is 2.22. The van der Waals surface area contributed by atoms with Gasteiger partial charge in [-0.1, -0.05) is 20.3 Å². The number of aromatic nitrogens is 3. The fourth-order valence-corrected chi connectivity index (χ4v) is 2.12. The van der Waals surface area contributed by atoms with Crippen molar-refractivity contribution in [2.45, 2.75) is 46.6 Å². The summed E-state index contributed by atoms with van der Waals surface area (Å²) in [6, 6.07) is 0. The Bertz CT molecular complexity index is 567. The number of hydrogen-bond donors (Lipinski definition) is 2. The molecule has 0 aliphatic carbocycles. The molecular formula is C15H23N5O. The van der Waals surface area contributed by atoms with E-state index in [-0.39, 0.29) is 0 Å². The van der Waals surface area contributed by atoms with Crippen LogP contribution in [0.25, 0.3) is 0 Å². The minimum atomic E-state index is 0.527. The summed E-state index contributed by atoms with van der Waals surface area (Å²) in [5.41, 5.74) is 1.11. The SMILES string of the molecule is CCCc1c(NCC)ncnc1NCc1ncc(CC)o1. The van der Waals surface area contributed by atoms with E-state index in [2.05, 4.69) is 39.4 Å². The third-order valence-corrected chi connectivity index (χ3v) is 3.15. The van der Waals surface area contributed by atoms with Crippen molar-refractivity contribution in [3.63, 3.8) is 0 Å². The van der Waals surface area contributed by atoms with E-state index in [4.69, 9.17) is 4.42 Å². The molecule has 2 rings (SSSR count). The van der Waals surface area contributed by atoms with Gasteiger partial charge in [0.25, 0.3) is 0 Å². The lowest BCUT2D eigenvalue weighted by molar-refractivity contribution is 0.465. The van der Waals surface area contributed by atoms with E-state index in [1.54, 1.807) is 12.5 Å². The van der Waals surface area contributed by atoms with E-state index in [1.807, 2.05) is 6.92 Å². The number of oxazole rings is 1. The first-order chi connectivity index (χ1) is 10.3. The first-order valence-electron chi connectivity index (χ1n) is 7.53. The van der Waals surface area contributed by atoms with Crippen LogP contribution in [0.15, 0.2) is 16.9 Å². The molecule has 0 unspecified atom stereocenters. The van der Waals surface area contributed by atoms with Crippen molar-refractivity contribution in [1.82, 2.24) is 15.0 Å². The molecule has 2 aromatic heterocycles. The molecule has 0 saturated carbocycles. The van der Waals surface area contributed by atoms with Gasteiger partial charge in [-0.15, -0.1) is 0 Å². The van der Waals surface area contributed by atoms with Gasteiger partial charge in [0.05, 0.1) is 12.7 Å². The summed E-state index contributed by atoms with van der Waals surface area (Å²) < 4.78 is 5.60. The minimum Gasteiger partial charge on any atom is -0.444 e. The van der Waals surface area contributed by atoms with Crippen LogP contribution in [0, 0.1) is 0 Å². The van der Waals surface area contributed by atoms with Gasteiger partial charge in [-0.25, -0.2) is 15.0 Å². The summed E-state index contributed by atoms with van der Waals surface area (Å²) in [6.07, 6.45) is 6.17. The van der Waals surface area contributed by atoms with Crippen LogP contribution in [0.3, 0.4) is 0 Å². The van der Waals surface area contributed by atoms with Gasteiger partial charge in [0, 0.05) is 18.5 Å². The predicted molar refractivity (Wildman–Crippen MR) is 83.4 cm³/mol. The maximum atomic E-state index is 5.60. The Morgan fingerprint density at radius 3 is 2.43 bits per heavy atom. The minimum absolute atomic E-state index is 0.527. The third-order valence-electron chi connectivity index (χ3n) is 3.15. The number of rotatable bonds is 8. The van der Waals surface area contributed by atoms with Crippen molar-refractivity contribution < 1.29 is 4.42 Å². The van der Waals surface area contributed by atoms with Gasteiger partial charge in [-0.3, -0.25) is 0 Å². The number of anilines is 2. The van der Waals surface area contributed by atoms with Crippen molar-refractivity contribution in [3.8, 4) is 0 Å². The van der Waals surface area contributed by atoms with E-state index in [1.165, 1.54) is 0 Å². The van der Waals surface area contributed by atoms with E-state index >= 15 is 0 Å². The van der Waals surface area contributed by atoms with E-state index in [9.17, 15) is 0 Å². The van der Waals surface area contributed by atoms with Crippen LogP contribution in [-0.2, 0) is 19.4 Å². The average molecular weight is 289 g/mol. The molecule has 0 aliphatic rings. The molecule has 0 bridgehead atoms. The molecule has 114 valence electrons. The molecule has 0 aromatic carbocycles. The third kappa shape index (κ3) is 3.93. The molecule has 2 heterocycles. The van der Waals surface area contributed by atoms with Crippen LogP contribution < -0.4 is 10.6 Å². The molecule has 2 aromatic rings. The van der Waals surface area contributed by atoms with E-state index < -0.39 is 0 Å². The Morgan fingerprint density at radius 2 is 1.81 bits per heavy atom. The van der Waals surface area contributed by atoms with Crippen LogP contribution in [0.4, 0.5) is 11.6 Å². The normalized spacial score (nSPS) is 10.6. The van der Waals surface area contributed by atoms with Gasteiger partial charge in [0.15, 0.2) is 0 Å². The van der Waals surface area contributed by atoms with Gasteiger partial charge >= 0.3 is 0 Å². The van der Waals surface area contributed by atoms with Gasteiger partial charge < -0.3 is 15.1 Å². The summed E-state index contributed by atoms with van der Waals surface area (Å²) in [5.74, 6) is 3.33. The number of nitrogens with one attached hydrogen (secondary N) is 2. The lowest BCUT2D eigenvalue weighted by atomic mass is 10.1. The van der Waals surface area contributed by atoms with E-state index in [0.29, 0.717) is 12.4 Å². The first-order valence-corrected chi connectivity index (χ1v) is 7.53. The average Bonchev–Trinajstić information content (AvgIpc) is 2.96. The Kier molecular flexibility index (Phi) is 5.54. The van der Waals surface area contributed by atoms with Crippen molar-refractivity contribution >= 4 is 11.6 Å². The second-order valence-electron chi connectivity index (χ2n) is 4.76. The van der Waals surface area contributed by atoms with Crippen molar-refractivity contribution in [2.24, 2.45) is 0 Å². The molecule has 0 fully saturated rings. The van der Waals surface area contributed by atoms with Crippen molar-refractivity contribution in [2.75, 3.05) is 17.2 Å². The molecule has 0 radical (unpaired) electrons. The second-order valence-corrected chi connectivity index (χ2v) is 4.76. The molecular weight excluding hydrogens is 266 g/mol. The van der Waals surface area contributed by atoms with Gasteiger partial charge in [0.1, 0.15) is 23.7 Å². The summed E-state index contributed by atoms with van der Waals surface area (Å²) in [5, 5.41) is 6.59. The lowest BCUT2D eigenvalue weighted by Crippen LogP contribution is -2.10. The zero-order valence-corrected chi connectivity index (χ0v) is 12.9. The summed E-state index contributed by atoms with van der Waals surface area (Å²) in [6.45, 7) is 7.62. The zero-order chi connectivity index (χ0) is 15.1. The zero-order valence-electron chi connectivity index (χ0n) is 12.9. The molecule has 0 aliphatic heterocycles. The summed E-state index contributed by atoms with van der Waals surface area (Å²) in [7, 11) is 0. The predicted octanol–water partition coefficient (Wildman–Crippen LogP) is 3.02. The molecule has 0 saturated heterocycles. The van der Waals surface area contributed by atoms with Crippen LogP contribution in [-0.4, -0.2) is 21.5 Å². The van der Waals surface area contributed by atoms with Gasteiger partial charge in [-0.2, -0.15) is 0 Å². The van der Waals surface area contributed by atoms with Gasteiger partial charge in [0.2, 0.25) is 5.89 Å². The smallest absolute Gasteiger partial charge is 0.213 e. The molecule has 0 spiro atoms.